The molecule has 1 unspecified atom stereocenters. The lowest BCUT2D eigenvalue weighted by Crippen LogP contribution is -2.44. The Labute approximate surface area is 162 Å². The Kier molecular flexibility index (Phi) is 8.93. The van der Waals surface area contributed by atoms with Crippen molar-refractivity contribution in [2.75, 3.05) is 19.8 Å². The van der Waals surface area contributed by atoms with Gasteiger partial charge in [0.05, 0.1) is 25.9 Å². The Balaban J connectivity index is 2.68. The number of carbonyl (C=O) groups is 2. The van der Waals surface area contributed by atoms with Gasteiger partial charge in [-0.15, -0.1) is 0 Å². The highest BCUT2D eigenvalue weighted by Crippen LogP contribution is 2.23. The molecule has 0 aliphatic carbocycles. The second-order valence-corrected chi connectivity index (χ2v) is 7.50. The van der Waals surface area contributed by atoms with Gasteiger partial charge in [0.1, 0.15) is 12.0 Å². The van der Waals surface area contributed by atoms with E-state index in [0.717, 1.165) is 5.56 Å². The van der Waals surface area contributed by atoms with E-state index in [1.165, 1.54) is 0 Å². The summed E-state index contributed by atoms with van der Waals surface area (Å²) in [6.45, 7) is 10.9. The van der Waals surface area contributed by atoms with Crippen molar-refractivity contribution >= 4 is 11.9 Å². The van der Waals surface area contributed by atoms with Gasteiger partial charge in [-0.25, -0.2) is 4.79 Å². The minimum absolute atomic E-state index is 0.0555. The topological polar surface area (TPSA) is 71.1 Å². The van der Waals surface area contributed by atoms with Gasteiger partial charge in [0.25, 0.3) is 0 Å². The van der Waals surface area contributed by atoms with Crippen molar-refractivity contribution in [1.29, 1.82) is 0 Å². The summed E-state index contributed by atoms with van der Waals surface area (Å²) in [5, 5.41) is 0. The number of hydrogen-bond acceptors (Lipinski definition) is 6. The van der Waals surface area contributed by atoms with E-state index in [4.69, 9.17) is 18.9 Å². The fourth-order valence-electron chi connectivity index (χ4n) is 2.11. The van der Waals surface area contributed by atoms with Crippen molar-refractivity contribution in [3.8, 4) is 0 Å². The summed E-state index contributed by atoms with van der Waals surface area (Å²) >= 11 is 0. The predicted molar refractivity (Wildman–Crippen MR) is 102 cm³/mol. The summed E-state index contributed by atoms with van der Waals surface area (Å²) in [5.41, 5.74) is -1.27. The summed E-state index contributed by atoms with van der Waals surface area (Å²) in [6.07, 6.45) is -0.0555. The van der Waals surface area contributed by atoms with Gasteiger partial charge in [-0.2, -0.15) is 0 Å². The standard InChI is InChI=1S/C21H32O6/c1-7-24-19(23)21(6,14-25-16(2)3)15-26-18(22)20(4,5)27-13-17-11-9-8-10-12-17/h8-12,16H,7,13-15H2,1-6H3. The predicted octanol–water partition coefficient (Wildman–Crippen LogP) is 3.52. The molecule has 1 rings (SSSR count). The molecule has 0 saturated carbocycles. The first-order chi connectivity index (χ1) is 12.6. The van der Waals surface area contributed by atoms with E-state index in [1.807, 2.05) is 44.2 Å². The van der Waals surface area contributed by atoms with Crippen LogP contribution in [0.2, 0.25) is 0 Å². The molecule has 0 aliphatic heterocycles. The Bertz CT molecular complexity index is 596. The summed E-state index contributed by atoms with van der Waals surface area (Å²) < 4.78 is 21.8. The number of rotatable bonds is 11. The van der Waals surface area contributed by atoms with Crippen LogP contribution in [0.4, 0.5) is 0 Å². The molecule has 0 heterocycles. The lowest BCUT2D eigenvalue weighted by Gasteiger charge is -2.30. The minimum atomic E-state index is -1.15. The quantitative estimate of drug-likeness (QED) is 0.547. The van der Waals surface area contributed by atoms with Crippen LogP contribution < -0.4 is 0 Å². The van der Waals surface area contributed by atoms with Gasteiger partial charge < -0.3 is 18.9 Å². The SMILES string of the molecule is CCOC(=O)C(C)(COC(=O)C(C)(C)OCc1ccccc1)COC(C)C. The number of ether oxygens (including phenoxy) is 4. The van der Waals surface area contributed by atoms with Crippen LogP contribution in [0.3, 0.4) is 0 Å². The highest BCUT2D eigenvalue weighted by atomic mass is 16.6. The van der Waals surface area contributed by atoms with Gasteiger partial charge in [-0.05, 0) is 47.1 Å². The van der Waals surface area contributed by atoms with Crippen LogP contribution in [0.25, 0.3) is 0 Å². The summed E-state index contributed by atoms with van der Waals surface area (Å²) in [4.78, 5) is 24.8. The molecule has 1 aromatic rings. The third-order valence-corrected chi connectivity index (χ3v) is 3.96. The number of benzene rings is 1. The molecule has 0 fully saturated rings. The maximum absolute atomic E-state index is 12.5. The van der Waals surface area contributed by atoms with Gasteiger partial charge in [-0.3, -0.25) is 4.79 Å². The average Bonchev–Trinajstić information content (AvgIpc) is 2.63. The highest BCUT2D eigenvalue weighted by Gasteiger charge is 2.39. The third kappa shape index (κ3) is 7.69. The minimum Gasteiger partial charge on any atom is -0.465 e. The van der Waals surface area contributed by atoms with Crippen LogP contribution in [0, 0.1) is 5.41 Å². The molecule has 0 bridgehead atoms. The first kappa shape index (κ1) is 23.1. The zero-order valence-electron chi connectivity index (χ0n) is 17.2. The number of esters is 2. The monoisotopic (exact) mass is 380 g/mol. The van der Waals surface area contributed by atoms with E-state index in [-0.39, 0.29) is 32.5 Å². The molecule has 0 saturated heterocycles. The maximum Gasteiger partial charge on any atom is 0.337 e. The van der Waals surface area contributed by atoms with E-state index < -0.39 is 23.0 Å². The highest BCUT2D eigenvalue weighted by molar-refractivity contribution is 5.80. The second-order valence-electron chi connectivity index (χ2n) is 7.50. The molecule has 0 N–H and O–H groups in total. The van der Waals surface area contributed by atoms with Crippen molar-refractivity contribution in [3.63, 3.8) is 0 Å². The van der Waals surface area contributed by atoms with Gasteiger partial charge in [0.15, 0.2) is 5.60 Å². The first-order valence-electron chi connectivity index (χ1n) is 9.24. The third-order valence-electron chi connectivity index (χ3n) is 3.96. The van der Waals surface area contributed by atoms with E-state index in [0.29, 0.717) is 0 Å². The molecule has 0 spiro atoms. The molecule has 0 aromatic heterocycles. The van der Waals surface area contributed by atoms with Crippen LogP contribution in [0.5, 0.6) is 0 Å². The number of hydrogen-bond donors (Lipinski definition) is 0. The Morgan fingerprint density at radius 3 is 2.15 bits per heavy atom. The summed E-state index contributed by atoms with van der Waals surface area (Å²) in [7, 11) is 0. The molecule has 27 heavy (non-hydrogen) atoms. The zero-order chi connectivity index (χ0) is 20.5. The van der Waals surface area contributed by atoms with Crippen molar-refractivity contribution in [2.45, 2.75) is 59.9 Å². The maximum atomic E-state index is 12.5. The van der Waals surface area contributed by atoms with Crippen LogP contribution in [0.1, 0.15) is 47.1 Å². The van der Waals surface area contributed by atoms with E-state index >= 15 is 0 Å². The zero-order valence-corrected chi connectivity index (χ0v) is 17.2. The van der Waals surface area contributed by atoms with Crippen LogP contribution in [-0.4, -0.2) is 43.5 Å². The summed E-state index contributed by atoms with van der Waals surface area (Å²) in [6, 6.07) is 9.57. The normalized spacial score (nSPS) is 13.9. The smallest absolute Gasteiger partial charge is 0.337 e. The second kappa shape index (κ2) is 10.4. The molecule has 0 radical (unpaired) electrons. The van der Waals surface area contributed by atoms with Gasteiger partial charge in [0.2, 0.25) is 0 Å². The molecule has 1 aromatic carbocycles. The molecule has 0 amide bonds. The average molecular weight is 380 g/mol. The fraction of sp³-hybridized carbons (Fsp3) is 0.619. The molecule has 1 atom stereocenters. The van der Waals surface area contributed by atoms with Crippen LogP contribution in [0.15, 0.2) is 30.3 Å². The van der Waals surface area contributed by atoms with Crippen molar-refractivity contribution < 1.29 is 28.5 Å². The molecule has 6 heteroatoms. The molecule has 152 valence electrons. The van der Waals surface area contributed by atoms with Gasteiger partial charge in [0, 0.05) is 0 Å². The number of carbonyl (C=O) groups excluding carboxylic acids is 2. The van der Waals surface area contributed by atoms with Crippen molar-refractivity contribution in [3.05, 3.63) is 35.9 Å². The van der Waals surface area contributed by atoms with E-state index in [9.17, 15) is 9.59 Å². The van der Waals surface area contributed by atoms with Gasteiger partial charge >= 0.3 is 11.9 Å². The van der Waals surface area contributed by atoms with Crippen molar-refractivity contribution in [1.82, 2.24) is 0 Å². The lowest BCUT2D eigenvalue weighted by molar-refractivity contribution is -0.180. The largest absolute Gasteiger partial charge is 0.465 e. The van der Waals surface area contributed by atoms with Gasteiger partial charge in [-0.1, -0.05) is 30.3 Å². The Morgan fingerprint density at radius 1 is 0.963 bits per heavy atom. The van der Waals surface area contributed by atoms with E-state index in [2.05, 4.69) is 0 Å². The summed E-state index contributed by atoms with van der Waals surface area (Å²) in [5.74, 6) is -1.00. The molecular formula is C21H32O6. The first-order valence-corrected chi connectivity index (χ1v) is 9.24. The van der Waals surface area contributed by atoms with E-state index in [1.54, 1.807) is 27.7 Å². The molecule has 0 aliphatic rings. The molecular weight excluding hydrogens is 348 g/mol. The Morgan fingerprint density at radius 2 is 1.59 bits per heavy atom. The van der Waals surface area contributed by atoms with Crippen LogP contribution in [-0.2, 0) is 35.1 Å². The molecule has 6 nitrogen and oxygen atoms in total. The van der Waals surface area contributed by atoms with Crippen molar-refractivity contribution in [2.24, 2.45) is 5.41 Å². The lowest BCUT2D eigenvalue weighted by atomic mass is 9.93. The van der Waals surface area contributed by atoms with Crippen LogP contribution >= 0.6 is 0 Å². The fourth-order valence-corrected chi connectivity index (χ4v) is 2.11. The Hall–Kier alpha value is -1.92.